The van der Waals surface area contributed by atoms with E-state index in [4.69, 9.17) is 34.2 Å². The van der Waals surface area contributed by atoms with Crippen molar-refractivity contribution in [2.75, 3.05) is 53.4 Å². The molecule has 1 aliphatic rings. The van der Waals surface area contributed by atoms with E-state index in [9.17, 15) is 8.42 Å². The molecule has 2 aromatic carbocycles. The summed E-state index contributed by atoms with van der Waals surface area (Å²) in [6.07, 6.45) is 0.525. The lowest BCUT2D eigenvalue weighted by Gasteiger charge is -2.37. The molecule has 0 saturated carbocycles. The van der Waals surface area contributed by atoms with Gasteiger partial charge in [-0.25, -0.2) is 8.42 Å². The molecule has 10 heteroatoms. The molecule has 214 valence electrons. The smallest absolute Gasteiger partial charge is 0.204 e. The molecule has 1 aliphatic heterocycles. The van der Waals surface area contributed by atoms with Gasteiger partial charge in [0.15, 0.2) is 21.3 Å². The third-order valence-corrected chi connectivity index (χ3v) is 9.03. The standard InChI is InChI=1S/C29H39NO8S/c1-6-15-36-23-13-9-8-12-22(23)27-26(37-16-11-10-14-30)20-38-29(27,39(31,32)17-7-2)21-18-24(33-3)28(35-5)25(19-21)34-4/h8-9,12-13,18-19,26-27H,6-7,14-17,20,30H2,1-5H3. The normalized spacial score (nSPS) is 20.7. The minimum absolute atomic E-state index is 0.0106. The van der Waals surface area contributed by atoms with Gasteiger partial charge < -0.3 is 34.2 Å². The van der Waals surface area contributed by atoms with Gasteiger partial charge in [-0.1, -0.05) is 43.9 Å². The van der Waals surface area contributed by atoms with Gasteiger partial charge in [0.1, 0.15) is 12.4 Å². The molecule has 0 bridgehead atoms. The van der Waals surface area contributed by atoms with E-state index < -0.39 is 26.8 Å². The fourth-order valence-electron chi connectivity index (χ4n) is 4.97. The number of nitrogens with two attached hydrogens (primary N) is 1. The van der Waals surface area contributed by atoms with E-state index in [-0.39, 0.29) is 25.5 Å². The van der Waals surface area contributed by atoms with Crippen molar-refractivity contribution >= 4 is 9.84 Å². The summed E-state index contributed by atoms with van der Waals surface area (Å²) in [4.78, 5) is -1.84. The highest BCUT2D eigenvalue weighted by Gasteiger charge is 2.61. The predicted octanol–water partition coefficient (Wildman–Crippen LogP) is 3.64. The Balaban J connectivity index is 2.36. The molecule has 3 atom stereocenters. The van der Waals surface area contributed by atoms with E-state index in [1.165, 1.54) is 21.3 Å². The number of hydrogen-bond donors (Lipinski definition) is 1. The Hall–Kier alpha value is -2.97. The summed E-state index contributed by atoms with van der Waals surface area (Å²) in [5, 5.41) is 0. The third kappa shape index (κ3) is 6.12. The summed E-state index contributed by atoms with van der Waals surface area (Å²) in [6.45, 7) is 4.57. The van der Waals surface area contributed by atoms with Crippen LogP contribution in [0.4, 0.5) is 0 Å². The van der Waals surface area contributed by atoms with E-state index in [0.717, 1.165) is 6.42 Å². The topological polar surface area (TPSA) is 116 Å². The van der Waals surface area contributed by atoms with Crippen LogP contribution in [0.15, 0.2) is 36.4 Å². The zero-order valence-electron chi connectivity index (χ0n) is 23.3. The maximum Gasteiger partial charge on any atom is 0.204 e. The molecule has 0 spiro atoms. The Morgan fingerprint density at radius 1 is 1.00 bits per heavy atom. The predicted molar refractivity (Wildman–Crippen MR) is 149 cm³/mol. The number of ether oxygens (including phenoxy) is 6. The SMILES string of the molecule is CCCOc1ccccc1C1C(OCC#CCN)COC1(c1cc(OC)c(OC)c(OC)c1)S(=O)(=O)CCC. The Morgan fingerprint density at radius 3 is 2.28 bits per heavy atom. The second kappa shape index (κ2) is 13.9. The molecule has 0 amide bonds. The average molecular weight is 562 g/mol. The lowest BCUT2D eigenvalue weighted by atomic mass is 9.85. The first-order chi connectivity index (χ1) is 18.8. The Bertz CT molecular complexity index is 1240. The molecule has 1 saturated heterocycles. The minimum atomic E-state index is -3.96. The molecule has 2 aromatic rings. The Labute approximate surface area is 231 Å². The lowest BCUT2D eigenvalue weighted by molar-refractivity contribution is 0.0412. The van der Waals surface area contributed by atoms with E-state index in [1.807, 2.05) is 38.1 Å². The maximum absolute atomic E-state index is 14.4. The second-order valence-corrected chi connectivity index (χ2v) is 11.2. The molecule has 1 fully saturated rings. The summed E-state index contributed by atoms with van der Waals surface area (Å²) < 4.78 is 64.1. The summed E-state index contributed by atoms with van der Waals surface area (Å²) >= 11 is 0. The second-order valence-electron chi connectivity index (χ2n) is 8.98. The van der Waals surface area contributed by atoms with Crippen LogP contribution in [0.1, 0.15) is 43.7 Å². The molecular weight excluding hydrogens is 522 g/mol. The Morgan fingerprint density at radius 2 is 1.69 bits per heavy atom. The van der Waals surface area contributed by atoms with Gasteiger partial charge >= 0.3 is 0 Å². The zero-order valence-corrected chi connectivity index (χ0v) is 24.1. The summed E-state index contributed by atoms with van der Waals surface area (Å²) in [6, 6.07) is 10.7. The van der Waals surface area contributed by atoms with Crippen LogP contribution in [0.2, 0.25) is 0 Å². The summed E-state index contributed by atoms with van der Waals surface area (Å²) in [5.41, 5.74) is 6.52. The number of sulfone groups is 1. The van der Waals surface area contributed by atoms with Crippen molar-refractivity contribution in [3.05, 3.63) is 47.5 Å². The van der Waals surface area contributed by atoms with Crippen LogP contribution in [0.5, 0.6) is 23.0 Å². The highest BCUT2D eigenvalue weighted by atomic mass is 32.2. The van der Waals surface area contributed by atoms with Gasteiger partial charge in [0.2, 0.25) is 10.7 Å². The number of para-hydroxylation sites is 1. The van der Waals surface area contributed by atoms with Crippen molar-refractivity contribution in [3.63, 3.8) is 0 Å². The number of methoxy groups -OCH3 is 3. The average Bonchev–Trinajstić information content (AvgIpc) is 3.34. The van der Waals surface area contributed by atoms with Gasteiger partial charge in [0.25, 0.3) is 0 Å². The molecule has 3 rings (SSSR count). The van der Waals surface area contributed by atoms with Crippen LogP contribution in [-0.4, -0.2) is 68.0 Å². The van der Waals surface area contributed by atoms with Gasteiger partial charge in [-0.05, 0) is 31.0 Å². The molecule has 0 radical (unpaired) electrons. The summed E-state index contributed by atoms with van der Waals surface area (Å²) in [7, 11) is 0.496. The Kier molecular flexibility index (Phi) is 10.9. The van der Waals surface area contributed by atoms with E-state index >= 15 is 0 Å². The van der Waals surface area contributed by atoms with Gasteiger partial charge in [0, 0.05) is 11.1 Å². The molecule has 2 N–H and O–H groups in total. The largest absolute Gasteiger partial charge is 0.493 e. The van der Waals surface area contributed by atoms with Gasteiger partial charge in [0.05, 0.1) is 58.9 Å². The molecule has 1 heterocycles. The third-order valence-electron chi connectivity index (χ3n) is 6.56. The molecular formula is C29H39NO8S. The quantitative estimate of drug-likeness (QED) is 0.366. The van der Waals surface area contributed by atoms with Gasteiger partial charge in [-0.15, -0.1) is 0 Å². The van der Waals surface area contributed by atoms with Gasteiger partial charge in [-0.2, -0.15) is 0 Å². The summed E-state index contributed by atoms with van der Waals surface area (Å²) in [5.74, 6) is 6.29. The van der Waals surface area contributed by atoms with Crippen LogP contribution in [-0.2, 0) is 24.2 Å². The fraction of sp³-hybridized carbons (Fsp3) is 0.517. The van der Waals surface area contributed by atoms with Crippen LogP contribution in [0, 0.1) is 11.8 Å². The van der Waals surface area contributed by atoms with Crippen LogP contribution in [0.3, 0.4) is 0 Å². The minimum Gasteiger partial charge on any atom is -0.493 e. The highest BCUT2D eigenvalue weighted by molar-refractivity contribution is 7.92. The van der Waals surface area contributed by atoms with Crippen molar-refractivity contribution in [3.8, 4) is 34.8 Å². The monoisotopic (exact) mass is 561 g/mol. The number of benzene rings is 2. The van der Waals surface area contributed by atoms with Crippen molar-refractivity contribution in [1.29, 1.82) is 0 Å². The molecule has 9 nitrogen and oxygen atoms in total. The van der Waals surface area contributed by atoms with E-state index in [0.29, 0.717) is 47.2 Å². The number of rotatable bonds is 13. The van der Waals surface area contributed by atoms with Crippen molar-refractivity contribution in [1.82, 2.24) is 0 Å². The van der Waals surface area contributed by atoms with Crippen molar-refractivity contribution in [2.45, 2.75) is 43.6 Å². The molecule has 0 aliphatic carbocycles. The molecule has 3 unspecified atom stereocenters. The van der Waals surface area contributed by atoms with Crippen LogP contribution in [0.25, 0.3) is 0 Å². The zero-order chi connectivity index (χ0) is 28.5. The van der Waals surface area contributed by atoms with Crippen LogP contribution >= 0.6 is 0 Å². The highest BCUT2D eigenvalue weighted by Crippen LogP contribution is 2.56. The van der Waals surface area contributed by atoms with Crippen molar-refractivity contribution < 1.29 is 36.8 Å². The first-order valence-electron chi connectivity index (χ1n) is 13.0. The molecule has 0 aromatic heterocycles. The first-order valence-corrected chi connectivity index (χ1v) is 14.7. The van der Waals surface area contributed by atoms with E-state index in [1.54, 1.807) is 12.1 Å². The van der Waals surface area contributed by atoms with Crippen molar-refractivity contribution in [2.24, 2.45) is 5.73 Å². The lowest BCUT2D eigenvalue weighted by Crippen LogP contribution is -2.43. The maximum atomic E-state index is 14.4. The fourth-order valence-corrected chi connectivity index (χ4v) is 7.20. The van der Waals surface area contributed by atoms with Crippen LogP contribution < -0.4 is 24.7 Å². The molecule has 39 heavy (non-hydrogen) atoms. The van der Waals surface area contributed by atoms with Gasteiger partial charge in [-0.3, -0.25) is 0 Å². The van der Waals surface area contributed by atoms with E-state index in [2.05, 4.69) is 11.8 Å². The first kappa shape index (κ1) is 30.6. The number of hydrogen-bond acceptors (Lipinski definition) is 9.